The highest BCUT2D eigenvalue weighted by molar-refractivity contribution is 7.12. The third-order valence-electron chi connectivity index (χ3n) is 5.78. The van der Waals surface area contributed by atoms with E-state index >= 15 is 0 Å². The van der Waals surface area contributed by atoms with E-state index in [1.807, 2.05) is 27.3 Å². The third-order valence-corrected chi connectivity index (χ3v) is 6.63. The second kappa shape index (κ2) is 7.05. The van der Waals surface area contributed by atoms with Crippen LogP contribution in [0.4, 0.5) is 0 Å². The average molecular weight is 364 g/mol. The number of ether oxygens (including phenoxy) is 2. The normalized spacial score (nSPS) is 26.2. The lowest BCUT2D eigenvalue weighted by Crippen LogP contribution is -2.49. The van der Waals surface area contributed by atoms with Gasteiger partial charge < -0.3 is 19.3 Å². The van der Waals surface area contributed by atoms with Crippen LogP contribution in [0.25, 0.3) is 0 Å². The van der Waals surface area contributed by atoms with Crippen molar-refractivity contribution in [1.82, 2.24) is 9.80 Å². The summed E-state index contributed by atoms with van der Waals surface area (Å²) >= 11 is 1.46. The molecule has 6 nitrogen and oxygen atoms in total. The molecule has 1 spiro atoms. The molecule has 1 atom stereocenters. The van der Waals surface area contributed by atoms with E-state index in [-0.39, 0.29) is 23.1 Å². The first-order valence-corrected chi connectivity index (χ1v) is 9.85. The maximum atomic E-state index is 13.2. The van der Waals surface area contributed by atoms with Gasteiger partial charge in [-0.15, -0.1) is 11.3 Å². The van der Waals surface area contributed by atoms with Gasteiger partial charge in [-0.3, -0.25) is 9.59 Å². The Bertz CT molecular complexity index is 621. The molecule has 4 heterocycles. The van der Waals surface area contributed by atoms with E-state index in [9.17, 15) is 9.59 Å². The molecule has 0 unspecified atom stereocenters. The highest BCUT2D eigenvalue weighted by Crippen LogP contribution is 2.45. The quantitative estimate of drug-likeness (QED) is 0.798. The lowest BCUT2D eigenvalue weighted by molar-refractivity contribution is -0.144. The summed E-state index contributed by atoms with van der Waals surface area (Å²) in [5.74, 6) is 0.114. The van der Waals surface area contributed by atoms with Crippen LogP contribution in [0, 0.1) is 11.3 Å². The fraction of sp³-hybridized carbons (Fsp3) is 0.667. The molecule has 3 fully saturated rings. The largest absolute Gasteiger partial charge is 0.381 e. The summed E-state index contributed by atoms with van der Waals surface area (Å²) in [4.78, 5) is 30.6. The van der Waals surface area contributed by atoms with Gasteiger partial charge in [-0.2, -0.15) is 0 Å². The maximum Gasteiger partial charge on any atom is 0.263 e. The van der Waals surface area contributed by atoms with Gasteiger partial charge in [0.05, 0.1) is 24.0 Å². The molecule has 0 aliphatic carbocycles. The summed E-state index contributed by atoms with van der Waals surface area (Å²) in [6, 6.07) is 3.76. The van der Waals surface area contributed by atoms with Crippen molar-refractivity contribution in [1.29, 1.82) is 0 Å². The molecule has 7 heteroatoms. The van der Waals surface area contributed by atoms with Crippen LogP contribution in [-0.4, -0.2) is 74.2 Å². The predicted octanol–water partition coefficient (Wildman–Crippen LogP) is 1.48. The van der Waals surface area contributed by atoms with Gasteiger partial charge >= 0.3 is 0 Å². The Morgan fingerprint density at radius 1 is 1.08 bits per heavy atom. The Morgan fingerprint density at radius 2 is 1.80 bits per heavy atom. The first-order chi connectivity index (χ1) is 12.2. The number of hydrogen-bond acceptors (Lipinski definition) is 5. The van der Waals surface area contributed by atoms with Gasteiger partial charge in [0, 0.05) is 44.8 Å². The zero-order valence-corrected chi connectivity index (χ0v) is 15.1. The highest BCUT2D eigenvalue weighted by atomic mass is 32.1. The van der Waals surface area contributed by atoms with E-state index in [1.54, 1.807) is 0 Å². The van der Waals surface area contributed by atoms with Crippen molar-refractivity contribution < 1.29 is 19.1 Å². The molecular formula is C18H24N2O4S. The SMILES string of the molecule is O=C(c1cccs1)N1C[C@H](C(=O)N2CCOCC2)C2(CCOCC2)C1. The van der Waals surface area contributed by atoms with Crippen LogP contribution < -0.4 is 0 Å². The smallest absolute Gasteiger partial charge is 0.263 e. The van der Waals surface area contributed by atoms with Gasteiger partial charge in [0.2, 0.25) is 5.91 Å². The van der Waals surface area contributed by atoms with Crippen LogP contribution in [0.2, 0.25) is 0 Å². The number of morpholine rings is 1. The summed E-state index contributed by atoms with van der Waals surface area (Å²) < 4.78 is 10.9. The van der Waals surface area contributed by atoms with Crippen molar-refractivity contribution in [2.45, 2.75) is 12.8 Å². The standard InChI is InChI=1S/C18H24N2O4S/c21-16(19-5-9-24-10-6-19)14-12-20(17(22)15-2-1-11-25-15)13-18(14)3-7-23-8-4-18/h1-2,11,14H,3-10,12-13H2/t14-/m1/s1. The number of thiophene rings is 1. The van der Waals surface area contributed by atoms with Gasteiger partial charge in [0.1, 0.15) is 0 Å². The van der Waals surface area contributed by atoms with Crippen LogP contribution in [0.3, 0.4) is 0 Å². The summed E-state index contributed by atoms with van der Waals surface area (Å²) in [5, 5.41) is 1.92. The molecule has 0 N–H and O–H groups in total. The maximum absolute atomic E-state index is 13.2. The number of carbonyl (C=O) groups is 2. The van der Waals surface area contributed by atoms with E-state index in [0.29, 0.717) is 52.6 Å². The summed E-state index contributed by atoms with van der Waals surface area (Å²) in [6.07, 6.45) is 1.70. The third kappa shape index (κ3) is 3.20. The Kier molecular flexibility index (Phi) is 4.80. The van der Waals surface area contributed by atoms with Gasteiger partial charge in [-0.25, -0.2) is 0 Å². The molecule has 0 aromatic carbocycles. The van der Waals surface area contributed by atoms with Crippen molar-refractivity contribution in [3.8, 4) is 0 Å². The molecule has 3 aliphatic heterocycles. The second-order valence-electron chi connectivity index (χ2n) is 7.13. The fourth-order valence-electron chi connectivity index (χ4n) is 4.31. The molecule has 2 amide bonds. The van der Waals surface area contributed by atoms with Crippen molar-refractivity contribution >= 4 is 23.2 Å². The average Bonchev–Trinajstić information content (AvgIpc) is 3.31. The molecule has 25 heavy (non-hydrogen) atoms. The number of carbonyl (C=O) groups excluding carboxylic acids is 2. The Balaban J connectivity index is 1.56. The Hall–Kier alpha value is -1.44. The first kappa shape index (κ1) is 17.0. The second-order valence-corrected chi connectivity index (χ2v) is 8.08. The number of hydrogen-bond donors (Lipinski definition) is 0. The van der Waals surface area contributed by atoms with Crippen LogP contribution >= 0.6 is 11.3 Å². The van der Waals surface area contributed by atoms with Crippen molar-refractivity contribution in [3.05, 3.63) is 22.4 Å². The van der Waals surface area contributed by atoms with Crippen LogP contribution in [-0.2, 0) is 14.3 Å². The fourth-order valence-corrected chi connectivity index (χ4v) is 5.00. The van der Waals surface area contributed by atoms with Gasteiger partial charge in [-0.05, 0) is 24.3 Å². The molecule has 0 radical (unpaired) electrons. The molecule has 0 bridgehead atoms. The van der Waals surface area contributed by atoms with Crippen LogP contribution in [0.15, 0.2) is 17.5 Å². The topological polar surface area (TPSA) is 59.1 Å². The zero-order valence-electron chi connectivity index (χ0n) is 14.3. The molecular weight excluding hydrogens is 340 g/mol. The van der Waals surface area contributed by atoms with E-state index in [2.05, 4.69) is 0 Å². The summed E-state index contributed by atoms with van der Waals surface area (Å²) in [5.41, 5.74) is -0.138. The minimum atomic E-state index is -0.138. The van der Waals surface area contributed by atoms with Gasteiger partial charge in [-0.1, -0.05) is 6.07 Å². The molecule has 3 aliphatic rings. The molecule has 3 saturated heterocycles. The Labute approximate surface area is 151 Å². The summed E-state index contributed by atoms with van der Waals surface area (Å²) in [7, 11) is 0. The molecule has 136 valence electrons. The first-order valence-electron chi connectivity index (χ1n) is 8.97. The number of amides is 2. The van der Waals surface area contributed by atoms with E-state index in [0.717, 1.165) is 17.7 Å². The lowest BCUT2D eigenvalue weighted by atomic mass is 9.71. The number of likely N-dealkylation sites (tertiary alicyclic amines) is 1. The monoisotopic (exact) mass is 364 g/mol. The van der Waals surface area contributed by atoms with Gasteiger partial charge in [0.15, 0.2) is 0 Å². The van der Waals surface area contributed by atoms with E-state index in [1.165, 1.54) is 11.3 Å². The van der Waals surface area contributed by atoms with Crippen LogP contribution in [0.1, 0.15) is 22.5 Å². The number of rotatable bonds is 2. The zero-order chi connectivity index (χ0) is 17.3. The van der Waals surface area contributed by atoms with E-state index in [4.69, 9.17) is 9.47 Å². The van der Waals surface area contributed by atoms with Crippen molar-refractivity contribution in [2.75, 3.05) is 52.6 Å². The number of nitrogens with zero attached hydrogens (tertiary/aromatic N) is 2. The van der Waals surface area contributed by atoms with Crippen molar-refractivity contribution in [3.63, 3.8) is 0 Å². The van der Waals surface area contributed by atoms with Gasteiger partial charge in [0.25, 0.3) is 5.91 Å². The summed E-state index contributed by atoms with van der Waals surface area (Å²) in [6.45, 7) is 5.04. The molecule has 4 rings (SSSR count). The van der Waals surface area contributed by atoms with E-state index < -0.39 is 0 Å². The molecule has 1 aromatic heterocycles. The molecule has 0 saturated carbocycles. The van der Waals surface area contributed by atoms with Crippen LogP contribution in [0.5, 0.6) is 0 Å². The minimum Gasteiger partial charge on any atom is -0.381 e. The minimum absolute atomic E-state index is 0.0538. The van der Waals surface area contributed by atoms with Crippen molar-refractivity contribution in [2.24, 2.45) is 11.3 Å². The molecule has 1 aromatic rings. The Morgan fingerprint density at radius 3 is 2.48 bits per heavy atom. The highest BCUT2D eigenvalue weighted by Gasteiger charge is 2.52. The lowest BCUT2D eigenvalue weighted by Gasteiger charge is -2.39. The predicted molar refractivity (Wildman–Crippen MR) is 93.6 cm³/mol.